The molecule has 1 unspecified atom stereocenters. The summed E-state index contributed by atoms with van der Waals surface area (Å²) in [7, 11) is 0. The van der Waals surface area contributed by atoms with Crippen molar-refractivity contribution in [1.82, 2.24) is 9.80 Å². The largest absolute Gasteiger partial charge is 0.491 e. The molecule has 4 rings (SSSR count). The molecule has 0 aliphatic carbocycles. The van der Waals surface area contributed by atoms with E-state index in [4.69, 9.17) is 9.47 Å². The Labute approximate surface area is 186 Å². The van der Waals surface area contributed by atoms with Crippen LogP contribution in [0.1, 0.15) is 9.67 Å². The molecule has 1 aliphatic rings. The number of rotatable bonds is 8. The minimum absolute atomic E-state index is 0.0956. The zero-order valence-corrected chi connectivity index (χ0v) is 18.0. The zero-order chi connectivity index (χ0) is 21.5. The van der Waals surface area contributed by atoms with Crippen LogP contribution in [0.5, 0.6) is 17.2 Å². The fourth-order valence-corrected chi connectivity index (χ4v) is 4.15. The molecule has 3 aromatic rings. The van der Waals surface area contributed by atoms with E-state index in [9.17, 15) is 9.90 Å². The maximum Gasteiger partial charge on any atom is 0.264 e. The average Bonchev–Trinajstić information content (AvgIpc) is 3.34. The van der Waals surface area contributed by atoms with Gasteiger partial charge in [-0.05, 0) is 47.8 Å². The van der Waals surface area contributed by atoms with Gasteiger partial charge in [0, 0.05) is 32.7 Å². The Morgan fingerprint density at radius 2 is 1.58 bits per heavy atom. The van der Waals surface area contributed by atoms with E-state index >= 15 is 0 Å². The lowest BCUT2D eigenvalue weighted by Crippen LogP contribution is -2.50. The lowest BCUT2D eigenvalue weighted by molar-refractivity contribution is 0.0406. The Hall–Kier alpha value is -2.87. The predicted octanol–water partition coefficient (Wildman–Crippen LogP) is 3.74. The molecule has 0 bridgehead atoms. The summed E-state index contributed by atoms with van der Waals surface area (Å²) >= 11 is 1.47. The molecule has 1 N–H and O–H groups in total. The van der Waals surface area contributed by atoms with E-state index in [0.717, 1.165) is 29.5 Å². The molecular formula is C24H26N2O4S. The second kappa shape index (κ2) is 10.4. The summed E-state index contributed by atoms with van der Waals surface area (Å²) in [5.41, 5.74) is 0. The van der Waals surface area contributed by atoms with E-state index < -0.39 is 6.10 Å². The zero-order valence-electron chi connectivity index (χ0n) is 17.2. The van der Waals surface area contributed by atoms with Crippen molar-refractivity contribution in [3.63, 3.8) is 0 Å². The molecule has 0 radical (unpaired) electrons. The van der Waals surface area contributed by atoms with Gasteiger partial charge in [-0.25, -0.2) is 0 Å². The van der Waals surface area contributed by atoms with E-state index in [2.05, 4.69) is 4.90 Å². The van der Waals surface area contributed by atoms with Gasteiger partial charge < -0.3 is 19.5 Å². The summed E-state index contributed by atoms with van der Waals surface area (Å²) in [6, 6.07) is 20.7. The highest BCUT2D eigenvalue weighted by Crippen LogP contribution is 2.23. The summed E-state index contributed by atoms with van der Waals surface area (Å²) in [6.45, 7) is 3.59. The number of aliphatic hydroxyl groups is 1. The van der Waals surface area contributed by atoms with Crippen molar-refractivity contribution in [1.29, 1.82) is 0 Å². The van der Waals surface area contributed by atoms with Crippen LogP contribution in [0, 0.1) is 0 Å². The van der Waals surface area contributed by atoms with Crippen LogP contribution >= 0.6 is 11.3 Å². The highest BCUT2D eigenvalue weighted by atomic mass is 32.1. The minimum atomic E-state index is -0.597. The van der Waals surface area contributed by atoms with Gasteiger partial charge in [0.25, 0.3) is 5.91 Å². The number of ether oxygens (including phenoxy) is 2. The van der Waals surface area contributed by atoms with Crippen molar-refractivity contribution in [2.24, 2.45) is 0 Å². The number of piperazine rings is 1. The summed E-state index contributed by atoms with van der Waals surface area (Å²) in [4.78, 5) is 17.2. The Morgan fingerprint density at radius 3 is 2.26 bits per heavy atom. The molecule has 162 valence electrons. The smallest absolute Gasteiger partial charge is 0.264 e. The van der Waals surface area contributed by atoms with Crippen LogP contribution in [0.15, 0.2) is 72.1 Å². The van der Waals surface area contributed by atoms with Crippen LogP contribution in [0.25, 0.3) is 0 Å². The molecule has 7 heteroatoms. The molecule has 1 amide bonds. The number of hydrogen-bond donors (Lipinski definition) is 1. The van der Waals surface area contributed by atoms with Gasteiger partial charge in [0.1, 0.15) is 30.0 Å². The third-order valence-electron chi connectivity index (χ3n) is 5.11. The molecule has 31 heavy (non-hydrogen) atoms. The van der Waals surface area contributed by atoms with Crippen molar-refractivity contribution in [3.05, 3.63) is 77.0 Å². The SMILES string of the molecule is O=C(c1cccs1)N1CCN(CC(O)COc2ccc(Oc3ccccc3)cc2)CC1. The molecular weight excluding hydrogens is 412 g/mol. The van der Waals surface area contributed by atoms with Crippen molar-refractivity contribution in [2.45, 2.75) is 6.10 Å². The van der Waals surface area contributed by atoms with Crippen LogP contribution in [0.4, 0.5) is 0 Å². The summed E-state index contributed by atoms with van der Waals surface area (Å²) in [5.74, 6) is 2.29. The molecule has 1 aliphatic heterocycles. The number of β-amino-alcohol motifs (C(OH)–C–C–N with tert-alkyl or cyclic N) is 1. The molecule has 1 aromatic heterocycles. The number of benzene rings is 2. The number of amides is 1. The molecule has 1 fully saturated rings. The molecule has 0 saturated carbocycles. The number of aliphatic hydroxyl groups excluding tert-OH is 1. The number of hydrogen-bond acceptors (Lipinski definition) is 6. The highest BCUT2D eigenvalue weighted by molar-refractivity contribution is 7.12. The molecule has 2 heterocycles. The summed E-state index contributed by atoms with van der Waals surface area (Å²) < 4.78 is 11.5. The molecule has 6 nitrogen and oxygen atoms in total. The number of thiophene rings is 1. The first-order valence-electron chi connectivity index (χ1n) is 10.4. The second-order valence-electron chi connectivity index (χ2n) is 7.42. The Balaban J connectivity index is 1.17. The monoisotopic (exact) mass is 438 g/mol. The number of nitrogens with zero attached hydrogens (tertiary/aromatic N) is 2. The molecule has 2 aromatic carbocycles. The molecule has 0 spiro atoms. The third-order valence-corrected chi connectivity index (χ3v) is 5.96. The van der Waals surface area contributed by atoms with Gasteiger partial charge in [-0.15, -0.1) is 11.3 Å². The van der Waals surface area contributed by atoms with Crippen LogP contribution in [-0.2, 0) is 0 Å². The van der Waals surface area contributed by atoms with Gasteiger partial charge in [-0.1, -0.05) is 24.3 Å². The van der Waals surface area contributed by atoms with E-state index in [1.807, 2.05) is 77.0 Å². The van der Waals surface area contributed by atoms with E-state index in [0.29, 0.717) is 25.4 Å². The summed E-state index contributed by atoms with van der Waals surface area (Å²) in [5, 5.41) is 12.3. The minimum Gasteiger partial charge on any atom is -0.491 e. The second-order valence-corrected chi connectivity index (χ2v) is 8.37. The highest BCUT2D eigenvalue weighted by Gasteiger charge is 2.24. The standard InChI is InChI=1S/C24H26N2O4S/c27-19(17-25-12-14-26(15-13-25)24(28)23-7-4-16-31-23)18-29-20-8-10-22(11-9-20)30-21-5-2-1-3-6-21/h1-11,16,19,27H,12-15,17-18H2. The van der Waals surface area contributed by atoms with Gasteiger partial charge in [0.2, 0.25) is 0 Å². The number of para-hydroxylation sites is 1. The third kappa shape index (κ3) is 6.07. The molecule has 1 atom stereocenters. The summed E-state index contributed by atoms with van der Waals surface area (Å²) in [6.07, 6.45) is -0.597. The van der Waals surface area contributed by atoms with Crippen molar-refractivity contribution in [2.75, 3.05) is 39.3 Å². The Kier molecular flexibility index (Phi) is 7.19. The van der Waals surface area contributed by atoms with Gasteiger partial charge >= 0.3 is 0 Å². The lowest BCUT2D eigenvalue weighted by atomic mass is 10.2. The number of carbonyl (C=O) groups excluding carboxylic acids is 1. The van der Waals surface area contributed by atoms with Crippen LogP contribution in [-0.4, -0.2) is 66.2 Å². The average molecular weight is 439 g/mol. The van der Waals surface area contributed by atoms with Gasteiger partial charge in [-0.2, -0.15) is 0 Å². The van der Waals surface area contributed by atoms with Gasteiger partial charge in [0.15, 0.2) is 0 Å². The topological polar surface area (TPSA) is 62.2 Å². The predicted molar refractivity (Wildman–Crippen MR) is 121 cm³/mol. The first-order chi connectivity index (χ1) is 15.2. The maximum absolute atomic E-state index is 12.4. The molecule has 1 saturated heterocycles. The first kappa shape index (κ1) is 21.4. The quantitative estimate of drug-likeness (QED) is 0.581. The first-order valence-corrected chi connectivity index (χ1v) is 11.2. The lowest BCUT2D eigenvalue weighted by Gasteiger charge is -2.35. The van der Waals surface area contributed by atoms with Crippen LogP contribution in [0.3, 0.4) is 0 Å². The van der Waals surface area contributed by atoms with Gasteiger partial charge in [0.05, 0.1) is 4.88 Å². The van der Waals surface area contributed by atoms with Crippen LogP contribution < -0.4 is 9.47 Å². The fourth-order valence-electron chi connectivity index (χ4n) is 3.46. The van der Waals surface area contributed by atoms with E-state index in [1.54, 1.807) is 0 Å². The van der Waals surface area contributed by atoms with Crippen molar-refractivity contribution >= 4 is 17.2 Å². The van der Waals surface area contributed by atoms with Gasteiger partial charge in [-0.3, -0.25) is 9.69 Å². The van der Waals surface area contributed by atoms with Crippen LogP contribution in [0.2, 0.25) is 0 Å². The van der Waals surface area contributed by atoms with E-state index in [-0.39, 0.29) is 12.5 Å². The van der Waals surface area contributed by atoms with Crippen molar-refractivity contribution in [3.8, 4) is 17.2 Å². The van der Waals surface area contributed by atoms with E-state index in [1.165, 1.54) is 11.3 Å². The Bertz CT molecular complexity index is 939. The fraction of sp³-hybridized carbons (Fsp3) is 0.292. The number of carbonyl (C=O) groups is 1. The van der Waals surface area contributed by atoms with Crippen molar-refractivity contribution < 1.29 is 19.4 Å². The normalized spacial score (nSPS) is 15.5. The maximum atomic E-state index is 12.4. The Morgan fingerprint density at radius 1 is 0.903 bits per heavy atom.